The van der Waals surface area contributed by atoms with Gasteiger partial charge in [-0.25, -0.2) is 14.4 Å². The smallest absolute Gasteiger partial charge is 0.223 e. The van der Waals surface area contributed by atoms with Crippen molar-refractivity contribution >= 4 is 17.5 Å². The Labute approximate surface area is 96.3 Å². The molecule has 0 amide bonds. The lowest BCUT2D eigenvalue weighted by atomic mass is 10.1. The highest BCUT2D eigenvalue weighted by molar-refractivity contribution is 6.30. The van der Waals surface area contributed by atoms with Crippen molar-refractivity contribution in [1.82, 2.24) is 15.0 Å². The Morgan fingerprint density at radius 2 is 2.12 bits per heavy atom. The van der Waals surface area contributed by atoms with Crippen molar-refractivity contribution in [3.63, 3.8) is 0 Å². The van der Waals surface area contributed by atoms with Crippen LogP contribution in [0.4, 0.5) is 10.3 Å². The average molecular weight is 239 g/mol. The van der Waals surface area contributed by atoms with E-state index >= 15 is 0 Å². The molecule has 2 aromatic rings. The molecule has 0 unspecified atom stereocenters. The number of anilines is 1. The molecular weight excluding hydrogens is 231 g/mol. The van der Waals surface area contributed by atoms with Crippen molar-refractivity contribution in [2.24, 2.45) is 0 Å². The zero-order valence-electron chi connectivity index (χ0n) is 8.19. The van der Waals surface area contributed by atoms with Crippen LogP contribution in [-0.2, 0) is 6.42 Å². The number of nitrogen functional groups attached to an aromatic ring is 1. The molecule has 0 fully saturated rings. The van der Waals surface area contributed by atoms with E-state index in [1.807, 2.05) is 0 Å². The van der Waals surface area contributed by atoms with Crippen LogP contribution >= 0.6 is 11.6 Å². The summed E-state index contributed by atoms with van der Waals surface area (Å²) in [6.45, 7) is 0. The summed E-state index contributed by atoms with van der Waals surface area (Å²) in [5, 5.41) is 0.0829. The largest absolute Gasteiger partial charge is 0.368 e. The molecule has 6 heteroatoms. The molecule has 0 saturated carbocycles. The standard InChI is InChI=1S/C10H8ClFN4/c11-7-3-1-2-6(9(7)12)4-8-14-5-15-10(13)16-8/h1-3,5H,4H2,(H2,13,14,15,16). The van der Waals surface area contributed by atoms with Gasteiger partial charge in [0.25, 0.3) is 0 Å². The van der Waals surface area contributed by atoms with Crippen molar-refractivity contribution < 1.29 is 4.39 Å². The highest BCUT2D eigenvalue weighted by Gasteiger charge is 2.08. The van der Waals surface area contributed by atoms with Crippen molar-refractivity contribution in [3.05, 3.63) is 46.8 Å². The highest BCUT2D eigenvalue weighted by atomic mass is 35.5. The summed E-state index contributed by atoms with van der Waals surface area (Å²) >= 11 is 5.66. The molecule has 4 nitrogen and oxygen atoms in total. The SMILES string of the molecule is Nc1ncnc(Cc2cccc(Cl)c2F)n1. The summed E-state index contributed by atoms with van der Waals surface area (Å²) in [6.07, 6.45) is 1.53. The summed E-state index contributed by atoms with van der Waals surface area (Å²) in [7, 11) is 0. The number of nitrogens with two attached hydrogens (primary N) is 1. The monoisotopic (exact) mass is 238 g/mol. The molecule has 0 aliphatic rings. The number of hydrogen-bond acceptors (Lipinski definition) is 4. The lowest BCUT2D eigenvalue weighted by Gasteiger charge is -2.03. The van der Waals surface area contributed by atoms with E-state index in [2.05, 4.69) is 15.0 Å². The van der Waals surface area contributed by atoms with Crippen LogP contribution in [0.5, 0.6) is 0 Å². The molecule has 0 aliphatic heterocycles. The Balaban J connectivity index is 2.31. The lowest BCUT2D eigenvalue weighted by molar-refractivity contribution is 0.612. The van der Waals surface area contributed by atoms with Gasteiger partial charge in [0, 0.05) is 6.42 Å². The van der Waals surface area contributed by atoms with Gasteiger partial charge in [0.1, 0.15) is 18.0 Å². The third-order valence-corrected chi connectivity index (χ3v) is 2.31. The predicted molar refractivity (Wildman–Crippen MR) is 58.5 cm³/mol. The normalized spacial score (nSPS) is 10.4. The molecule has 2 rings (SSSR count). The van der Waals surface area contributed by atoms with Gasteiger partial charge in [-0.3, -0.25) is 0 Å². The van der Waals surface area contributed by atoms with E-state index in [1.54, 1.807) is 12.1 Å². The third kappa shape index (κ3) is 2.25. The van der Waals surface area contributed by atoms with Gasteiger partial charge in [-0.2, -0.15) is 4.98 Å². The zero-order chi connectivity index (χ0) is 11.5. The summed E-state index contributed by atoms with van der Waals surface area (Å²) in [6, 6.07) is 4.79. The average Bonchev–Trinajstić information content (AvgIpc) is 2.25. The summed E-state index contributed by atoms with van der Waals surface area (Å²) in [5.74, 6) is 0.0734. The molecule has 16 heavy (non-hydrogen) atoms. The molecule has 1 aromatic carbocycles. The van der Waals surface area contributed by atoms with Gasteiger partial charge >= 0.3 is 0 Å². The van der Waals surface area contributed by atoms with E-state index < -0.39 is 5.82 Å². The van der Waals surface area contributed by atoms with Crippen LogP contribution < -0.4 is 5.73 Å². The first-order valence-electron chi connectivity index (χ1n) is 4.53. The highest BCUT2D eigenvalue weighted by Crippen LogP contribution is 2.19. The Hall–Kier alpha value is -1.75. The molecule has 1 aromatic heterocycles. The Kier molecular flexibility index (Phi) is 2.96. The van der Waals surface area contributed by atoms with Crippen molar-refractivity contribution in [1.29, 1.82) is 0 Å². The van der Waals surface area contributed by atoms with Crippen LogP contribution in [-0.4, -0.2) is 15.0 Å². The zero-order valence-corrected chi connectivity index (χ0v) is 8.95. The van der Waals surface area contributed by atoms with Crippen LogP contribution in [0.3, 0.4) is 0 Å². The molecule has 0 spiro atoms. The first-order valence-corrected chi connectivity index (χ1v) is 4.91. The molecular formula is C10H8ClFN4. The summed E-state index contributed by atoms with van der Waals surface area (Å²) in [4.78, 5) is 11.4. The molecule has 2 N–H and O–H groups in total. The van der Waals surface area contributed by atoms with Gasteiger partial charge in [-0.05, 0) is 11.6 Å². The van der Waals surface area contributed by atoms with Crippen LogP contribution in [0.1, 0.15) is 11.4 Å². The van der Waals surface area contributed by atoms with Crippen LogP contribution in [0.15, 0.2) is 24.5 Å². The fourth-order valence-corrected chi connectivity index (χ4v) is 1.48. The van der Waals surface area contributed by atoms with Gasteiger partial charge in [0.05, 0.1) is 5.02 Å². The number of benzene rings is 1. The number of hydrogen-bond donors (Lipinski definition) is 1. The topological polar surface area (TPSA) is 64.7 Å². The van der Waals surface area contributed by atoms with Gasteiger partial charge < -0.3 is 5.73 Å². The van der Waals surface area contributed by atoms with Gasteiger partial charge in [-0.15, -0.1) is 0 Å². The molecule has 0 atom stereocenters. The van der Waals surface area contributed by atoms with Gasteiger partial charge in [-0.1, -0.05) is 23.7 Å². The van der Waals surface area contributed by atoms with Crippen LogP contribution in [0.2, 0.25) is 5.02 Å². The fraction of sp³-hybridized carbons (Fsp3) is 0.100. The summed E-state index contributed by atoms with van der Waals surface area (Å²) in [5.41, 5.74) is 5.83. The van der Waals surface area contributed by atoms with Crippen molar-refractivity contribution in [3.8, 4) is 0 Å². The lowest BCUT2D eigenvalue weighted by Crippen LogP contribution is -2.03. The third-order valence-electron chi connectivity index (χ3n) is 2.02. The first-order chi connectivity index (χ1) is 7.66. The Bertz CT molecular complexity index is 518. The Morgan fingerprint density at radius 1 is 1.31 bits per heavy atom. The molecule has 1 heterocycles. The Morgan fingerprint density at radius 3 is 2.88 bits per heavy atom. The minimum absolute atomic E-state index is 0.0829. The van der Waals surface area contributed by atoms with Gasteiger partial charge in [0.2, 0.25) is 5.95 Å². The van der Waals surface area contributed by atoms with E-state index in [0.717, 1.165) is 0 Å². The van der Waals surface area contributed by atoms with Gasteiger partial charge in [0.15, 0.2) is 0 Å². The maximum absolute atomic E-state index is 13.6. The van der Waals surface area contributed by atoms with Crippen molar-refractivity contribution in [2.45, 2.75) is 6.42 Å². The molecule has 0 bridgehead atoms. The predicted octanol–water partition coefficient (Wildman–Crippen LogP) is 1.84. The minimum atomic E-state index is -0.455. The van der Waals surface area contributed by atoms with Crippen LogP contribution in [0.25, 0.3) is 0 Å². The van der Waals surface area contributed by atoms with Crippen molar-refractivity contribution in [2.75, 3.05) is 5.73 Å². The second kappa shape index (κ2) is 4.40. The number of rotatable bonds is 2. The molecule has 0 saturated heterocycles. The van der Waals surface area contributed by atoms with Crippen LogP contribution in [0, 0.1) is 5.82 Å². The quantitative estimate of drug-likeness (QED) is 0.867. The number of halogens is 2. The van der Waals surface area contributed by atoms with E-state index in [-0.39, 0.29) is 17.4 Å². The van der Waals surface area contributed by atoms with E-state index in [1.165, 1.54) is 12.4 Å². The molecule has 0 aliphatic carbocycles. The van der Waals surface area contributed by atoms with E-state index in [9.17, 15) is 4.39 Å². The van der Waals surface area contributed by atoms with E-state index in [4.69, 9.17) is 17.3 Å². The second-order valence-electron chi connectivity index (χ2n) is 3.15. The number of nitrogens with zero attached hydrogens (tertiary/aromatic N) is 3. The second-order valence-corrected chi connectivity index (χ2v) is 3.56. The maximum Gasteiger partial charge on any atom is 0.223 e. The summed E-state index contributed by atoms with van der Waals surface area (Å²) < 4.78 is 13.6. The molecule has 0 radical (unpaired) electrons. The maximum atomic E-state index is 13.6. The first kappa shape index (κ1) is 10.8. The van der Waals surface area contributed by atoms with E-state index in [0.29, 0.717) is 11.4 Å². The fourth-order valence-electron chi connectivity index (χ4n) is 1.29. The minimum Gasteiger partial charge on any atom is -0.368 e. The number of aromatic nitrogens is 3. The molecule has 82 valence electrons.